The molecule has 3 rings (SSSR count). The molecule has 0 aliphatic heterocycles. The van der Waals surface area contributed by atoms with Gasteiger partial charge in [-0.1, -0.05) is 30.3 Å². The lowest BCUT2D eigenvalue weighted by Gasteiger charge is -2.12. The van der Waals surface area contributed by atoms with E-state index in [9.17, 15) is 4.79 Å². The van der Waals surface area contributed by atoms with Crippen LogP contribution < -0.4 is 20.1 Å². The van der Waals surface area contributed by atoms with Crippen molar-refractivity contribution in [2.75, 3.05) is 26.1 Å². The first-order chi connectivity index (χ1) is 14.2. The largest absolute Gasteiger partial charge is 0.497 e. The van der Waals surface area contributed by atoms with E-state index in [-0.39, 0.29) is 5.91 Å². The van der Waals surface area contributed by atoms with E-state index < -0.39 is 0 Å². The van der Waals surface area contributed by atoms with Crippen molar-refractivity contribution in [3.63, 3.8) is 0 Å². The SMILES string of the molecule is COc1ccc(OC)c(Nc2ccc(C(=O)NCCCc3ccccc3)cn2)c1. The molecular formula is C23H25N3O3. The van der Waals surface area contributed by atoms with E-state index in [0.717, 1.165) is 18.5 Å². The number of benzene rings is 2. The van der Waals surface area contributed by atoms with E-state index in [1.807, 2.05) is 36.4 Å². The molecule has 1 aromatic heterocycles. The quantitative estimate of drug-likeness (QED) is 0.535. The van der Waals surface area contributed by atoms with Gasteiger partial charge in [0.25, 0.3) is 5.91 Å². The van der Waals surface area contributed by atoms with E-state index in [1.54, 1.807) is 32.5 Å². The lowest BCUT2D eigenvalue weighted by Crippen LogP contribution is -2.24. The first kappa shape index (κ1) is 20.2. The van der Waals surface area contributed by atoms with Gasteiger partial charge >= 0.3 is 0 Å². The zero-order valence-corrected chi connectivity index (χ0v) is 16.6. The van der Waals surface area contributed by atoms with Crippen LogP contribution in [0.1, 0.15) is 22.3 Å². The monoisotopic (exact) mass is 391 g/mol. The third-order valence-corrected chi connectivity index (χ3v) is 4.47. The number of carbonyl (C=O) groups excluding carboxylic acids is 1. The molecule has 6 nitrogen and oxygen atoms in total. The number of methoxy groups -OCH3 is 2. The zero-order valence-electron chi connectivity index (χ0n) is 16.6. The second-order valence-corrected chi connectivity index (χ2v) is 6.47. The molecular weight excluding hydrogens is 366 g/mol. The Hall–Kier alpha value is -3.54. The summed E-state index contributed by atoms with van der Waals surface area (Å²) in [6, 6.07) is 19.2. The summed E-state index contributed by atoms with van der Waals surface area (Å²) in [5.41, 5.74) is 2.53. The standard InChI is InChI=1S/C23H25N3O3/c1-28-19-11-12-21(29-2)20(15-19)26-22-13-10-18(16-25-22)23(27)24-14-6-9-17-7-4-3-5-8-17/h3-5,7-8,10-13,15-16H,6,9,14H2,1-2H3,(H,24,27)(H,25,26). The van der Waals surface area contributed by atoms with Crippen LogP contribution >= 0.6 is 0 Å². The first-order valence-corrected chi connectivity index (χ1v) is 9.47. The highest BCUT2D eigenvalue weighted by molar-refractivity contribution is 5.94. The minimum atomic E-state index is -0.129. The number of nitrogens with zero attached hydrogens (tertiary/aromatic N) is 1. The number of anilines is 2. The van der Waals surface area contributed by atoms with Crippen molar-refractivity contribution < 1.29 is 14.3 Å². The number of aromatic nitrogens is 1. The first-order valence-electron chi connectivity index (χ1n) is 9.47. The van der Waals surface area contributed by atoms with Crippen LogP contribution in [-0.2, 0) is 6.42 Å². The zero-order chi connectivity index (χ0) is 20.5. The summed E-state index contributed by atoms with van der Waals surface area (Å²) in [4.78, 5) is 16.6. The Morgan fingerprint density at radius 3 is 2.52 bits per heavy atom. The summed E-state index contributed by atoms with van der Waals surface area (Å²) in [6.07, 6.45) is 3.38. The summed E-state index contributed by atoms with van der Waals surface area (Å²) >= 11 is 0. The molecule has 0 spiro atoms. The molecule has 3 aromatic rings. The molecule has 1 heterocycles. The van der Waals surface area contributed by atoms with Crippen molar-refractivity contribution in [3.05, 3.63) is 78.0 Å². The molecule has 1 amide bonds. The number of carbonyl (C=O) groups is 1. The summed E-state index contributed by atoms with van der Waals surface area (Å²) in [5, 5.41) is 6.12. The van der Waals surface area contributed by atoms with Gasteiger partial charge in [0.1, 0.15) is 17.3 Å². The van der Waals surface area contributed by atoms with Gasteiger partial charge in [-0.05, 0) is 42.7 Å². The van der Waals surface area contributed by atoms with Crippen molar-refractivity contribution in [1.82, 2.24) is 10.3 Å². The van der Waals surface area contributed by atoms with E-state index in [0.29, 0.717) is 29.4 Å². The molecule has 0 saturated heterocycles. The maximum absolute atomic E-state index is 12.3. The average Bonchev–Trinajstić information content (AvgIpc) is 2.77. The predicted molar refractivity (Wildman–Crippen MR) is 114 cm³/mol. The van der Waals surface area contributed by atoms with E-state index >= 15 is 0 Å². The summed E-state index contributed by atoms with van der Waals surface area (Å²) < 4.78 is 10.6. The highest BCUT2D eigenvalue weighted by Gasteiger charge is 2.08. The van der Waals surface area contributed by atoms with Gasteiger partial charge in [-0.25, -0.2) is 4.98 Å². The van der Waals surface area contributed by atoms with Crippen molar-refractivity contribution in [1.29, 1.82) is 0 Å². The van der Waals surface area contributed by atoms with Crippen LogP contribution in [-0.4, -0.2) is 31.7 Å². The molecule has 2 N–H and O–H groups in total. The number of nitrogens with one attached hydrogen (secondary N) is 2. The Labute approximate surface area is 170 Å². The van der Waals surface area contributed by atoms with Crippen LogP contribution in [0.5, 0.6) is 11.5 Å². The van der Waals surface area contributed by atoms with Crippen molar-refractivity contribution in [3.8, 4) is 11.5 Å². The fraction of sp³-hybridized carbons (Fsp3) is 0.217. The van der Waals surface area contributed by atoms with Gasteiger partial charge in [0.05, 0.1) is 25.5 Å². The number of pyridine rings is 1. The number of amides is 1. The van der Waals surface area contributed by atoms with Crippen molar-refractivity contribution >= 4 is 17.4 Å². The molecule has 150 valence electrons. The van der Waals surface area contributed by atoms with Crippen molar-refractivity contribution in [2.45, 2.75) is 12.8 Å². The number of rotatable bonds is 9. The minimum absolute atomic E-state index is 0.129. The Morgan fingerprint density at radius 1 is 1.00 bits per heavy atom. The number of ether oxygens (including phenoxy) is 2. The van der Waals surface area contributed by atoms with Gasteiger partial charge in [-0.15, -0.1) is 0 Å². The number of hydrogen-bond donors (Lipinski definition) is 2. The Bertz CT molecular complexity index is 928. The fourth-order valence-electron chi connectivity index (χ4n) is 2.89. The third kappa shape index (κ3) is 5.72. The highest BCUT2D eigenvalue weighted by atomic mass is 16.5. The summed E-state index contributed by atoms with van der Waals surface area (Å²) in [7, 11) is 3.21. The lowest BCUT2D eigenvalue weighted by molar-refractivity contribution is 0.0953. The Balaban J connectivity index is 1.53. The molecule has 0 saturated carbocycles. The van der Waals surface area contributed by atoms with Gasteiger partial charge in [0, 0.05) is 18.8 Å². The van der Waals surface area contributed by atoms with Crippen LogP contribution in [0.15, 0.2) is 66.9 Å². The van der Waals surface area contributed by atoms with Gasteiger partial charge in [0.2, 0.25) is 0 Å². The van der Waals surface area contributed by atoms with Gasteiger partial charge in [-0.2, -0.15) is 0 Å². The highest BCUT2D eigenvalue weighted by Crippen LogP contribution is 2.30. The van der Waals surface area contributed by atoms with Crippen molar-refractivity contribution in [2.24, 2.45) is 0 Å². The summed E-state index contributed by atoms with van der Waals surface area (Å²) in [6.45, 7) is 0.620. The smallest absolute Gasteiger partial charge is 0.252 e. The predicted octanol–water partition coefficient (Wildman–Crippen LogP) is 4.21. The topological polar surface area (TPSA) is 72.5 Å². The van der Waals surface area contributed by atoms with E-state index in [2.05, 4.69) is 27.8 Å². The Morgan fingerprint density at radius 2 is 1.83 bits per heavy atom. The van der Waals surface area contributed by atoms with Crippen LogP contribution in [0, 0.1) is 0 Å². The fourth-order valence-corrected chi connectivity index (χ4v) is 2.89. The van der Waals surface area contributed by atoms with Crippen LogP contribution in [0.4, 0.5) is 11.5 Å². The molecule has 29 heavy (non-hydrogen) atoms. The maximum atomic E-state index is 12.3. The molecule has 2 aromatic carbocycles. The molecule has 6 heteroatoms. The summed E-state index contributed by atoms with van der Waals surface area (Å²) in [5.74, 6) is 1.86. The molecule has 0 aliphatic carbocycles. The lowest BCUT2D eigenvalue weighted by atomic mass is 10.1. The second-order valence-electron chi connectivity index (χ2n) is 6.47. The second kappa shape index (κ2) is 10.1. The average molecular weight is 391 g/mol. The molecule has 0 fully saturated rings. The molecule has 0 aliphatic rings. The van der Waals surface area contributed by atoms with Gasteiger partial charge < -0.3 is 20.1 Å². The van der Waals surface area contributed by atoms with Crippen LogP contribution in [0.2, 0.25) is 0 Å². The van der Waals surface area contributed by atoms with E-state index in [1.165, 1.54) is 5.56 Å². The Kier molecular flexibility index (Phi) is 7.05. The number of hydrogen-bond acceptors (Lipinski definition) is 5. The van der Waals surface area contributed by atoms with Crippen LogP contribution in [0.3, 0.4) is 0 Å². The molecule has 0 bridgehead atoms. The number of aryl methyl sites for hydroxylation is 1. The molecule has 0 unspecified atom stereocenters. The minimum Gasteiger partial charge on any atom is -0.497 e. The van der Waals surface area contributed by atoms with Gasteiger partial charge in [0.15, 0.2) is 0 Å². The van der Waals surface area contributed by atoms with Crippen LogP contribution in [0.25, 0.3) is 0 Å². The normalized spacial score (nSPS) is 10.3. The molecule has 0 atom stereocenters. The maximum Gasteiger partial charge on any atom is 0.252 e. The molecule has 0 radical (unpaired) electrons. The third-order valence-electron chi connectivity index (χ3n) is 4.47. The van der Waals surface area contributed by atoms with E-state index in [4.69, 9.17) is 9.47 Å². The van der Waals surface area contributed by atoms with Gasteiger partial charge in [-0.3, -0.25) is 4.79 Å².